The molecular weight excluding hydrogens is 491 g/mol. The van der Waals surface area contributed by atoms with E-state index in [9.17, 15) is 8.78 Å². The molecule has 0 saturated carbocycles. The fourth-order valence-corrected chi connectivity index (χ4v) is 2.29. The number of hydrogen-bond acceptors (Lipinski definition) is 6. The van der Waals surface area contributed by atoms with Gasteiger partial charge in [-0.2, -0.15) is 8.78 Å². The Hall–Kier alpha value is -1.60. The average Bonchev–Trinajstić information content (AvgIpc) is 3.09. The van der Waals surface area contributed by atoms with E-state index in [4.69, 9.17) is 18.9 Å². The van der Waals surface area contributed by atoms with Gasteiger partial charge in [-0.05, 0) is 13.0 Å². The Morgan fingerprint density at radius 2 is 1.93 bits per heavy atom. The van der Waals surface area contributed by atoms with Gasteiger partial charge < -0.3 is 34.3 Å². The lowest BCUT2D eigenvalue weighted by Gasteiger charge is -2.13. The van der Waals surface area contributed by atoms with Crippen LogP contribution < -0.4 is 24.8 Å². The Labute approximate surface area is 179 Å². The molecule has 1 aliphatic heterocycles. The highest BCUT2D eigenvalue weighted by molar-refractivity contribution is 14.0. The maximum atomic E-state index is 12.7. The predicted octanol–water partition coefficient (Wildman–Crippen LogP) is 2.35. The molecule has 160 valence electrons. The second-order valence-electron chi connectivity index (χ2n) is 5.42. The number of aliphatic imine (C=N–C) groups is 1. The molecule has 1 aromatic rings. The van der Waals surface area contributed by atoms with Gasteiger partial charge in [-0.3, -0.25) is 0 Å². The molecule has 0 saturated heterocycles. The monoisotopic (exact) mass is 517 g/mol. The second-order valence-corrected chi connectivity index (χ2v) is 5.42. The topological polar surface area (TPSA) is 82.6 Å². The van der Waals surface area contributed by atoms with Crippen molar-refractivity contribution in [2.75, 3.05) is 46.8 Å². The van der Waals surface area contributed by atoms with Crippen molar-refractivity contribution in [3.05, 3.63) is 17.7 Å². The third kappa shape index (κ3) is 8.19. The number of hydrogen-bond donors (Lipinski definition) is 2. The summed E-state index contributed by atoms with van der Waals surface area (Å²) in [5.74, 6) is 1.40. The van der Waals surface area contributed by atoms with Crippen molar-refractivity contribution in [2.45, 2.75) is 20.1 Å². The standard InChI is InChI=1S/C17H25F2N3O5.HI/c1-3-20-17(21-4-5-24-7-6-23-2)22-10-12-8-14-15(26-11-25-14)9-13(12)27-16(18)19;/h8-9,16H,3-7,10-11H2,1-2H3,(H2,20,21,22);1H. The van der Waals surface area contributed by atoms with Gasteiger partial charge in [-0.15, -0.1) is 24.0 Å². The largest absolute Gasteiger partial charge is 0.454 e. The molecular formula is C17H26F2IN3O5. The van der Waals surface area contributed by atoms with E-state index in [2.05, 4.69) is 20.4 Å². The van der Waals surface area contributed by atoms with Gasteiger partial charge in [0.05, 0.1) is 26.4 Å². The molecule has 0 aromatic heterocycles. The summed E-state index contributed by atoms with van der Waals surface area (Å²) in [7, 11) is 1.61. The summed E-state index contributed by atoms with van der Waals surface area (Å²) in [5.41, 5.74) is 0.466. The quantitative estimate of drug-likeness (QED) is 0.202. The van der Waals surface area contributed by atoms with E-state index in [1.54, 1.807) is 13.2 Å². The maximum Gasteiger partial charge on any atom is 0.387 e. The highest BCUT2D eigenvalue weighted by Gasteiger charge is 2.20. The van der Waals surface area contributed by atoms with Crippen LogP contribution in [0.1, 0.15) is 12.5 Å². The number of ether oxygens (including phenoxy) is 5. The summed E-state index contributed by atoms with van der Waals surface area (Å²) in [6.07, 6.45) is 0. The molecule has 0 bridgehead atoms. The van der Waals surface area contributed by atoms with Crippen molar-refractivity contribution in [3.63, 3.8) is 0 Å². The van der Waals surface area contributed by atoms with Crippen LogP contribution >= 0.6 is 24.0 Å². The van der Waals surface area contributed by atoms with Crippen molar-refractivity contribution in [2.24, 2.45) is 4.99 Å². The normalized spacial score (nSPS) is 12.7. The molecule has 11 heteroatoms. The number of nitrogens with zero attached hydrogens (tertiary/aromatic N) is 1. The number of benzene rings is 1. The smallest absolute Gasteiger partial charge is 0.387 e. The minimum atomic E-state index is -2.94. The van der Waals surface area contributed by atoms with Crippen LogP contribution in [0.3, 0.4) is 0 Å². The van der Waals surface area contributed by atoms with Crippen molar-refractivity contribution in [3.8, 4) is 17.2 Å². The van der Waals surface area contributed by atoms with Crippen LogP contribution in [0.5, 0.6) is 17.2 Å². The van der Waals surface area contributed by atoms with Crippen LogP contribution in [0.2, 0.25) is 0 Å². The molecule has 0 aliphatic carbocycles. The second kappa shape index (κ2) is 13.6. The number of guanidine groups is 1. The van der Waals surface area contributed by atoms with E-state index >= 15 is 0 Å². The maximum absolute atomic E-state index is 12.7. The number of methoxy groups -OCH3 is 1. The summed E-state index contributed by atoms with van der Waals surface area (Å²) in [5, 5.41) is 6.19. The Balaban J connectivity index is 0.00000392. The van der Waals surface area contributed by atoms with Crippen LogP contribution in [0, 0.1) is 0 Å². The van der Waals surface area contributed by atoms with Crippen molar-refractivity contribution >= 4 is 29.9 Å². The van der Waals surface area contributed by atoms with Crippen molar-refractivity contribution in [1.82, 2.24) is 10.6 Å². The minimum Gasteiger partial charge on any atom is -0.454 e. The molecule has 0 spiro atoms. The zero-order chi connectivity index (χ0) is 19.5. The highest BCUT2D eigenvalue weighted by atomic mass is 127. The SMILES string of the molecule is CCNC(=NCc1cc2c(cc1OC(F)F)OCO2)NCCOCCOC.I. The number of fused-ring (bicyclic) bond motifs is 1. The molecule has 2 rings (SSSR count). The molecule has 0 fully saturated rings. The van der Waals surface area contributed by atoms with Crippen LogP contribution in [0.25, 0.3) is 0 Å². The molecule has 1 aliphatic rings. The first-order chi connectivity index (χ1) is 13.1. The van der Waals surface area contributed by atoms with E-state index < -0.39 is 6.61 Å². The lowest BCUT2D eigenvalue weighted by Crippen LogP contribution is -2.39. The number of nitrogens with one attached hydrogen (secondary N) is 2. The van der Waals surface area contributed by atoms with Crippen LogP contribution in [-0.4, -0.2) is 59.4 Å². The summed E-state index contributed by atoms with van der Waals surface area (Å²) >= 11 is 0. The van der Waals surface area contributed by atoms with E-state index in [0.717, 1.165) is 0 Å². The molecule has 1 aromatic carbocycles. The Kier molecular flexibility index (Phi) is 11.8. The molecule has 28 heavy (non-hydrogen) atoms. The molecule has 0 atom stereocenters. The van der Waals surface area contributed by atoms with Gasteiger partial charge in [0.1, 0.15) is 5.75 Å². The molecule has 0 unspecified atom stereocenters. The summed E-state index contributed by atoms with van der Waals surface area (Å²) in [6.45, 7) is 1.87. The molecule has 1 heterocycles. The van der Waals surface area contributed by atoms with Crippen molar-refractivity contribution in [1.29, 1.82) is 0 Å². The van der Waals surface area contributed by atoms with Crippen LogP contribution in [-0.2, 0) is 16.0 Å². The van der Waals surface area contributed by atoms with E-state index in [1.165, 1.54) is 6.07 Å². The van der Waals surface area contributed by atoms with Gasteiger partial charge in [0.2, 0.25) is 6.79 Å². The first-order valence-electron chi connectivity index (χ1n) is 8.60. The van der Waals surface area contributed by atoms with Gasteiger partial charge in [-0.1, -0.05) is 0 Å². The molecule has 8 nitrogen and oxygen atoms in total. The van der Waals surface area contributed by atoms with Crippen molar-refractivity contribution < 1.29 is 32.5 Å². The van der Waals surface area contributed by atoms with E-state index in [1.807, 2.05) is 6.92 Å². The highest BCUT2D eigenvalue weighted by Crippen LogP contribution is 2.38. The number of rotatable bonds is 11. The molecule has 0 radical (unpaired) electrons. The Morgan fingerprint density at radius 3 is 2.61 bits per heavy atom. The minimum absolute atomic E-state index is 0. The van der Waals surface area contributed by atoms with Gasteiger partial charge in [0.25, 0.3) is 0 Å². The number of alkyl halides is 2. The first kappa shape index (κ1) is 24.4. The number of halogens is 3. The molecule has 0 amide bonds. The summed E-state index contributed by atoms with van der Waals surface area (Å²) in [6, 6.07) is 2.99. The van der Waals surface area contributed by atoms with Crippen LogP contribution in [0.15, 0.2) is 17.1 Å². The predicted molar refractivity (Wildman–Crippen MR) is 110 cm³/mol. The van der Waals surface area contributed by atoms with Gasteiger partial charge in [-0.25, -0.2) is 4.99 Å². The average molecular weight is 517 g/mol. The summed E-state index contributed by atoms with van der Waals surface area (Å²) < 4.78 is 50.7. The van der Waals surface area contributed by atoms with E-state index in [-0.39, 0.29) is 43.1 Å². The van der Waals surface area contributed by atoms with Gasteiger partial charge >= 0.3 is 6.61 Å². The zero-order valence-corrected chi connectivity index (χ0v) is 18.2. The lowest BCUT2D eigenvalue weighted by molar-refractivity contribution is -0.0505. The third-order valence-electron chi connectivity index (χ3n) is 3.49. The Bertz CT molecular complexity index is 623. The first-order valence-corrected chi connectivity index (χ1v) is 8.60. The fourth-order valence-electron chi connectivity index (χ4n) is 2.29. The van der Waals surface area contributed by atoms with E-state index in [0.29, 0.717) is 55.9 Å². The zero-order valence-electron chi connectivity index (χ0n) is 15.8. The van der Waals surface area contributed by atoms with Crippen LogP contribution in [0.4, 0.5) is 8.78 Å². The van der Waals surface area contributed by atoms with Gasteiger partial charge in [0.15, 0.2) is 17.5 Å². The summed E-state index contributed by atoms with van der Waals surface area (Å²) in [4.78, 5) is 4.40. The molecule has 2 N–H and O–H groups in total. The third-order valence-corrected chi connectivity index (χ3v) is 3.49. The fraction of sp³-hybridized carbons (Fsp3) is 0.588. The Morgan fingerprint density at radius 1 is 1.18 bits per heavy atom. The van der Waals surface area contributed by atoms with Gasteiger partial charge in [0, 0.05) is 31.8 Å². The lowest BCUT2D eigenvalue weighted by atomic mass is 10.1.